The van der Waals surface area contributed by atoms with Crippen molar-refractivity contribution in [3.05, 3.63) is 39.3 Å². The van der Waals surface area contributed by atoms with E-state index in [1.165, 1.54) is 23.2 Å². The maximum absolute atomic E-state index is 13.0. The summed E-state index contributed by atoms with van der Waals surface area (Å²) in [6, 6.07) is 2.30. The molecule has 8 heteroatoms. The van der Waals surface area contributed by atoms with Crippen molar-refractivity contribution < 1.29 is 4.79 Å². The number of likely N-dealkylation sites (tertiary alicyclic amines) is 1. The van der Waals surface area contributed by atoms with Gasteiger partial charge in [0.25, 0.3) is 5.91 Å². The molecule has 4 heterocycles. The number of aryl methyl sites for hydroxylation is 1. The molecule has 1 aliphatic rings. The largest absolute Gasteiger partial charge is 0.331 e. The molecule has 118 valence electrons. The van der Waals surface area contributed by atoms with Crippen molar-refractivity contribution in [3.63, 3.8) is 0 Å². The van der Waals surface area contributed by atoms with Gasteiger partial charge in [-0.05, 0) is 42.2 Å². The van der Waals surface area contributed by atoms with Gasteiger partial charge in [0.1, 0.15) is 11.2 Å². The number of nitrogens with zero attached hydrogens (tertiary/aromatic N) is 4. The number of carbonyl (C=O) groups excluding carboxylic acids is 1. The van der Waals surface area contributed by atoms with Crippen molar-refractivity contribution in [1.82, 2.24) is 25.1 Å². The number of carbonyl (C=O) groups is 1. The van der Waals surface area contributed by atoms with Crippen molar-refractivity contribution >= 4 is 28.6 Å². The molecule has 0 radical (unpaired) electrons. The van der Waals surface area contributed by atoms with Crippen LogP contribution in [0.25, 0.3) is 10.8 Å². The molecule has 23 heavy (non-hydrogen) atoms. The second-order valence-corrected chi connectivity index (χ2v) is 7.26. The highest BCUT2D eigenvalue weighted by Gasteiger charge is 2.32. The summed E-state index contributed by atoms with van der Waals surface area (Å²) < 4.78 is 0. The van der Waals surface area contributed by atoms with Crippen LogP contribution < -0.4 is 0 Å². The number of aromatic nitrogens is 4. The van der Waals surface area contributed by atoms with E-state index in [1.807, 2.05) is 11.8 Å². The summed E-state index contributed by atoms with van der Waals surface area (Å²) >= 11 is 3.05. The summed E-state index contributed by atoms with van der Waals surface area (Å²) in [6.07, 6.45) is 3.51. The van der Waals surface area contributed by atoms with Crippen molar-refractivity contribution in [1.29, 1.82) is 0 Å². The molecule has 0 aliphatic carbocycles. The smallest absolute Gasteiger partial charge is 0.266 e. The fourth-order valence-electron chi connectivity index (χ4n) is 2.96. The molecule has 0 aromatic carbocycles. The Bertz CT molecular complexity index is 809. The maximum atomic E-state index is 13.0. The van der Waals surface area contributed by atoms with Crippen LogP contribution >= 0.6 is 22.7 Å². The van der Waals surface area contributed by atoms with Crippen molar-refractivity contribution in [3.8, 4) is 10.8 Å². The van der Waals surface area contributed by atoms with Gasteiger partial charge in [0.2, 0.25) is 0 Å². The number of nitrogens with one attached hydrogen (secondary N) is 1. The van der Waals surface area contributed by atoms with E-state index in [0.29, 0.717) is 15.7 Å². The third-order valence-electron chi connectivity index (χ3n) is 4.05. The number of hydrogen-bond acceptors (Lipinski definition) is 6. The molecule has 4 rings (SSSR count). The predicted octanol–water partition coefficient (Wildman–Crippen LogP) is 3.28. The molecule has 1 aliphatic heterocycles. The molecule has 1 N–H and O–H groups in total. The molecular formula is C15H15N5OS2. The van der Waals surface area contributed by atoms with Gasteiger partial charge in [-0.15, -0.1) is 11.3 Å². The minimum Gasteiger partial charge on any atom is -0.331 e. The topological polar surface area (TPSA) is 74.8 Å². The van der Waals surface area contributed by atoms with Crippen molar-refractivity contribution in [2.45, 2.75) is 25.8 Å². The average molecular weight is 345 g/mol. The van der Waals surface area contributed by atoms with Crippen LogP contribution in [-0.2, 0) is 0 Å². The Balaban J connectivity index is 1.64. The lowest BCUT2D eigenvalue weighted by atomic mass is 10.1. The second-order valence-electron chi connectivity index (χ2n) is 5.48. The molecule has 0 bridgehead atoms. The molecule has 3 aromatic rings. The minimum absolute atomic E-state index is 0.0689. The number of thiazole rings is 1. The Kier molecular flexibility index (Phi) is 3.70. The summed E-state index contributed by atoms with van der Waals surface area (Å²) in [5.41, 5.74) is 1.99. The summed E-state index contributed by atoms with van der Waals surface area (Å²) in [6.45, 7) is 2.67. The van der Waals surface area contributed by atoms with Crippen molar-refractivity contribution in [2.24, 2.45) is 0 Å². The van der Waals surface area contributed by atoms with E-state index in [2.05, 4.69) is 37.0 Å². The highest BCUT2D eigenvalue weighted by Crippen LogP contribution is 2.36. The van der Waals surface area contributed by atoms with Crippen LogP contribution in [0.5, 0.6) is 0 Å². The first-order valence-corrected chi connectivity index (χ1v) is 9.16. The Morgan fingerprint density at radius 1 is 1.48 bits per heavy atom. The van der Waals surface area contributed by atoms with E-state index >= 15 is 0 Å². The van der Waals surface area contributed by atoms with Crippen LogP contribution in [0.3, 0.4) is 0 Å². The zero-order chi connectivity index (χ0) is 15.8. The quantitative estimate of drug-likeness (QED) is 0.790. The SMILES string of the molecule is Cc1nc(-c2ncn[nH]2)sc1C(=O)N1CCC[C@@H]1c1ccsc1. The van der Waals surface area contributed by atoms with Crippen LogP contribution in [0.4, 0.5) is 0 Å². The zero-order valence-electron chi connectivity index (χ0n) is 12.5. The Morgan fingerprint density at radius 2 is 2.39 bits per heavy atom. The van der Waals surface area contributed by atoms with E-state index in [4.69, 9.17) is 0 Å². The van der Waals surface area contributed by atoms with Gasteiger partial charge in [-0.1, -0.05) is 0 Å². The van der Waals surface area contributed by atoms with Crippen LogP contribution in [0.2, 0.25) is 0 Å². The highest BCUT2D eigenvalue weighted by molar-refractivity contribution is 7.17. The van der Waals surface area contributed by atoms with Crippen LogP contribution in [-0.4, -0.2) is 37.5 Å². The van der Waals surface area contributed by atoms with Gasteiger partial charge in [0.15, 0.2) is 10.8 Å². The van der Waals surface area contributed by atoms with Gasteiger partial charge in [0, 0.05) is 6.54 Å². The molecule has 1 saturated heterocycles. The van der Waals surface area contributed by atoms with E-state index in [1.54, 1.807) is 11.3 Å². The third kappa shape index (κ3) is 2.57. The van der Waals surface area contributed by atoms with Crippen molar-refractivity contribution in [2.75, 3.05) is 6.54 Å². The molecule has 0 unspecified atom stereocenters. The summed E-state index contributed by atoms with van der Waals surface area (Å²) in [5.74, 6) is 0.674. The van der Waals surface area contributed by atoms with E-state index in [-0.39, 0.29) is 11.9 Å². The Labute approximate surface area is 141 Å². The standard InChI is InChI=1S/C15H15N5OS2/c1-9-12(23-14(18-9)13-16-8-17-19-13)15(21)20-5-2-3-11(20)10-4-6-22-7-10/h4,6-8,11H,2-3,5H2,1H3,(H,16,17,19)/t11-/m1/s1. The Morgan fingerprint density at radius 3 is 3.13 bits per heavy atom. The van der Waals surface area contributed by atoms with Crippen LogP contribution in [0, 0.1) is 6.92 Å². The lowest BCUT2D eigenvalue weighted by molar-refractivity contribution is 0.0740. The monoisotopic (exact) mass is 345 g/mol. The summed E-state index contributed by atoms with van der Waals surface area (Å²) in [7, 11) is 0. The normalized spacial score (nSPS) is 17.8. The number of hydrogen-bond donors (Lipinski definition) is 1. The summed E-state index contributed by atoms with van der Waals surface area (Å²) in [5, 5.41) is 11.5. The van der Waals surface area contributed by atoms with E-state index < -0.39 is 0 Å². The first-order valence-electron chi connectivity index (χ1n) is 7.40. The maximum Gasteiger partial charge on any atom is 0.266 e. The fourth-order valence-corrected chi connectivity index (χ4v) is 4.63. The number of aromatic amines is 1. The average Bonchev–Trinajstić information content (AvgIpc) is 3.31. The molecule has 1 atom stereocenters. The molecular weight excluding hydrogens is 330 g/mol. The zero-order valence-corrected chi connectivity index (χ0v) is 14.2. The minimum atomic E-state index is 0.0689. The molecule has 0 spiro atoms. The Hall–Kier alpha value is -2.06. The van der Waals surface area contributed by atoms with Gasteiger partial charge in [-0.25, -0.2) is 9.97 Å². The number of H-pyrrole nitrogens is 1. The van der Waals surface area contributed by atoms with Gasteiger partial charge in [-0.3, -0.25) is 9.89 Å². The molecule has 6 nitrogen and oxygen atoms in total. The van der Waals surface area contributed by atoms with E-state index in [0.717, 1.165) is 25.1 Å². The first-order chi connectivity index (χ1) is 11.2. The number of thiophene rings is 1. The van der Waals surface area contributed by atoms with Crippen LogP contribution in [0.15, 0.2) is 23.2 Å². The first kappa shape index (κ1) is 14.5. The fraction of sp³-hybridized carbons (Fsp3) is 0.333. The molecule has 0 saturated carbocycles. The van der Waals surface area contributed by atoms with Crippen LogP contribution in [0.1, 0.15) is 39.8 Å². The molecule has 1 fully saturated rings. The predicted molar refractivity (Wildman–Crippen MR) is 89.6 cm³/mol. The molecule has 3 aromatic heterocycles. The lowest BCUT2D eigenvalue weighted by Crippen LogP contribution is -2.30. The van der Waals surface area contributed by atoms with Gasteiger partial charge in [0.05, 0.1) is 11.7 Å². The van der Waals surface area contributed by atoms with Gasteiger partial charge in [-0.2, -0.15) is 16.4 Å². The van der Waals surface area contributed by atoms with Gasteiger partial charge >= 0.3 is 0 Å². The number of rotatable bonds is 3. The van der Waals surface area contributed by atoms with Gasteiger partial charge < -0.3 is 4.90 Å². The van der Waals surface area contributed by atoms with E-state index in [9.17, 15) is 4.79 Å². The summed E-state index contributed by atoms with van der Waals surface area (Å²) in [4.78, 5) is 24.3. The lowest BCUT2D eigenvalue weighted by Gasteiger charge is -2.23. The third-order valence-corrected chi connectivity index (χ3v) is 5.90. The highest BCUT2D eigenvalue weighted by atomic mass is 32.1. The molecule has 1 amide bonds. The number of amides is 1. The second kappa shape index (κ2) is 5.86.